The SMILES string of the molecule is COC(=O)C1(CCC(C)=O)C(=O)O[C@@H](c2ccc(OC)c(OC)c2)[C@H]1C. The van der Waals surface area contributed by atoms with Crippen molar-refractivity contribution in [3.05, 3.63) is 23.8 Å². The number of Topliss-reactive ketones (excluding diaryl/α,β-unsaturated/α-hetero) is 1. The third kappa shape index (κ3) is 3.25. The second-order valence-electron chi connectivity index (χ2n) is 6.39. The van der Waals surface area contributed by atoms with Crippen molar-refractivity contribution in [3.63, 3.8) is 0 Å². The average molecular weight is 364 g/mol. The van der Waals surface area contributed by atoms with Crippen molar-refractivity contribution in [2.75, 3.05) is 21.3 Å². The molecule has 0 spiro atoms. The summed E-state index contributed by atoms with van der Waals surface area (Å²) in [5, 5.41) is 0. The Morgan fingerprint density at radius 3 is 2.35 bits per heavy atom. The topological polar surface area (TPSA) is 88.1 Å². The van der Waals surface area contributed by atoms with E-state index in [1.165, 1.54) is 28.3 Å². The van der Waals surface area contributed by atoms with Crippen LogP contribution >= 0.6 is 0 Å². The maximum atomic E-state index is 12.7. The fourth-order valence-electron chi connectivity index (χ4n) is 3.41. The van der Waals surface area contributed by atoms with E-state index < -0.39 is 29.4 Å². The van der Waals surface area contributed by atoms with E-state index in [4.69, 9.17) is 18.9 Å². The van der Waals surface area contributed by atoms with Crippen LogP contribution in [0.2, 0.25) is 0 Å². The Morgan fingerprint density at radius 1 is 1.15 bits per heavy atom. The molecule has 0 amide bonds. The molecule has 0 N–H and O–H groups in total. The molecule has 0 saturated carbocycles. The smallest absolute Gasteiger partial charge is 0.324 e. The van der Waals surface area contributed by atoms with Gasteiger partial charge in [-0.05, 0) is 31.0 Å². The fourth-order valence-corrected chi connectivity index (χ4v) is 3.41. The average Bonchev–Trinajstić information content (AvgIpc) is 2.90. The van der Waals surface area contributed by atoms with Gasteiger partial charge in [0.2, 0.25) is 0 Å². The summed E-state index contributed by atoms with van der Waals surface area (Å²) in [6.45, 7) is 3.17. The summed E-state index contributed by atoms with van der Waals surface area (Å²) in [6, 6.07) is 5.18. The van der Waals surface area contributed by atoms with Gasteiger partial charge in [-0.3, -0.25) is 9.59 Å². The highest BCUT2D eigenvalue weighted by molar-refractivity contribution is 6.02. The van der Waals surface area contributed by atoms with E-state index in [2.05, 4.69) is 0 Å². The van der Waals surface area contributed by atoms with Crippen LogP contribution < -0.4 is 9.47 Å². The molecule has 0 aromatic heterocycles. The number of methoxy groups -OCH3 is 3. The molecular weight excluding hydrogens is 340 g/mol. The molecule has 1 aromatic rings. The number of esters is 2. The summed E-state index contributed by atoms with van der Waals surface area (Å²) in [5.41, 5.74) is -0.824. The molecule has 1 aromatic carbocycles. The van der Waals surface area contributed by atoms with Crippen molar-refractivity contribution < 1.29 is 33.3 Å². The molecule has 1 aliphatic heterocycles. The maximum Gasteiger partial charge on any atom is 0.324 e. The van der Waals surface area contributed by atoms with Gasteiger partial charge in [0.05, 0.1) is 21.3 Å². The zero-order chi connectivity index (χ0) is 19.5. The van der Waals surface area contributed by atoms with Crippen LogP contribution in [0.4, 0.5) is 0 Å². The highest BCUT2D eigenvalue weighted by atomic mass is 16.6. The first-order chi connectivity index (χ1) is 12.3. The predicted molar refractivity (Wildman–Crippen MR) is 91.9 cm³/mol. The lowest BCUT2D eigenvalue weighted by atomic mass is 9.71. The lowest BCUT2D eigenvalue weighted by molar-refractivity contribution is -0.165. The molecule has 1 fully saturated rings. The van der Waals surface area contributed by atoms with Crippen LogP contribution in [0.5, 0.6) is 11.5 Å². The largest absolute Gasteiger partial charge is 0.493 e. The van der Waals surface area contributed by atoms with Gasteiger partial charge >= 0.3 is 11.9 Å². The van der Waals surface area contributed by atoms with Crippen LogP contribution in [-0.4, -0.2) is 39.1 Å². The van der Waals surface area contributed by atoms with E-state index in [1.807, 2.05) is 0 Å². The third-order valence-electron chi connectivity index (χ3n) is 4.99. The van der Waals surface area contributed by atoms with E-state index in [-0.39, 0.29) is 18.6 Å². The van der Waals surface area contributed by atoms with Crippen LogP contribution in [0.25, 0.3) is 0 Å². The Balaban J connectivity index is 2.43. The minimum absolute atomic E-state index is 0.0544. The lowest BCUT2D eigenvalue weighted by Crippen LogP contribution is -2.42. The Hall–Kier alpha value is -2.57. The number of cyclic esters (lactones) is 1. The van der Waals surface area contributed by atoms with E-state index in [1.54, 1.807) is 25.1 Å². The second kappa shape index (κ2) is 7.76. The van der Waals surface area contributed by atoms with Gasteiger partial charge in [-0.2, -0.15) is 0 Å². The van der Waals surface area contributed by atoms with Crippen molar-refractivity contribution in [1.82, 2.24) is 0 Å². The Morgan fingerprint density at radius 2 is 1.81 bits per heavy atom. The number of ketones is 1. The molecule has 0 aliphatic carbocycles. The van der Waals surface area contributed by atoms with Gasteiger partial charge in [0.1, 0.15) is 11.9 Å². The molecule has 3 atom stereocenters. The first-order valence-electron chi connectivity index (χ1n) is 8.32. The monoisotopic (exact) mass is 364 g/mol. The Kier molecular flexibility index (Phi) is 5.90. The van der Waals surface area contributed by atoms with Gasteiger partial charge in [-0.25, -0.2) is 0 Å². The molecule has 2 rings (SSSR count). The number of hydrogen-bond donors (Lipinski definition) is 0. The predicted octanol–water partition coefficient (Wildman–Crippen LogP) is 2.47. The fraction of sp³-hybridized carbons (Fsp3) is 0.526. The molecule has 0 bridgehead atoms. The quantitative estimate of drug-likeness (QED) is 0.542. The number of ether oxygens (including phenoxy) is 4. The zero-order valence-electron chi connectivity index (χ0n) is 15.7. The van der Waals surface area contributed by atoms with Gasteiger partial charge in [0.15, 0.2) is 16.9 Å². The summed E-state index contributed by atoms with van der Waals surface area (Å²) < 4.78 is 21.0. The van der Waals surface area contributed by atoms with Gasteiger partial charge < -0.3 is 23.7 Å². The summed E-state index contributed by atoms with van der Waals surface area (Å²) in [5.74, 6) is -0.934. The molecule has 0 radical (unpaired) electrons. The van der Waals surface area contributed by atoms with Gasteiger partial charge in [-0.1, -0.05) is 13.0 Å². The summed E-state index contributed by atoms with van der Waals surface area (Å²) in [4.78, 5) is 36.6. The standard InChI is InChI=1S/C19H24O7/c1-11(20)8-9-19(17(21)25-5)12(2)16(26-18(19)22)13-6-7-14(23-3)15(10-13)24-4/h6-7,10,12,16H,8-9H2,1-5H3/t12-,16-,19?/m1/s1. The summed E-state index contributed by atoms with van der Waals surface area (Å²) in [7, 11) is 4.26. The number of hydrogen-bond acceptors (Lipinski definition) is 7. The molecule has 7 nitrogen and oxygen atoms in total. The number of carbonyl (C=O) groups excluding carboxylic acids is 3. The highest BCUT2D eigenvalue weighted by Gasteiger charge is 2.61. The van der Waals surface area contributed by atoms with E-state index in [9.17, 15) is 14.4 Å². The normalized spacial score (nSPS) is 24.7. The Bertz CT molecular complexity index is 712. The molecule has 26 heavy (non-hydrogen) atoms. The zero-order valence-corrected chi connectivity index (χ0v) is 15.7. The Labute approximate surface area is 152 Å². The highest BCUT2D eigenvalue weighted by Crippen LogP contribution is 2.51. The molecule has 1 aliphatic rings. The van der Waals surface area contributed by atoms with Crippen LogP contribution in [-0.2, 0) is 23.9 Å². The van der Waals surface area contributed by atoms with Crippen molar-refractivity contribution in [3.8, 4) is 11.5 Å². The number of rotatable bonds is 7. The number of carbonyl (C=O) groups is 3. The lowest BCUT2D eigenvalue weighted by Gasteiger charge is -2.27. The maximum absolute atomic E-state index is 12.7. The van der Waals surface area contributed by atoms with E-state index in [0.717, 1.165) is 0 Å². The number of benzene rings is 1. The van der Waals surface area contributed by atoms with Crippen molar-refractivity contribution >= 4 is 17.7 Å². The van der Waals surface area contributed by atoms with Crippen molar-refractivity contribution in [2.45, 2.75) is 32.8 Å². The van der Waals surface area contributed by atoms with Crippen LogP contribution in [0, 0.1) is 11.3 Å². The van der Waals surface area contributed by atoms with Crippen LogP contribution in [0.1, 0.15) is 38.4 Å². The van der Waals surface area contributed by atoms with E-state index in [0.29, 0.717) is 17.1 Å². The summed E-state index contributed by atoms with van der Waals surface area (Å²) in [6.07, 6.45) is -0.514. The molecule has 1 unspecified atom stereocenters. The minimum Gasteiger partial charge on any atom is -0.493 e. The first kappa shape index (κ1) is 19.8. The third-order valence-corrected chi connectivity index (χ3v) is 4.99. The summed E-state index contributed by atoms with van der Waals surface area (Å²) >= 11 is 0. The molecular formula is C19H24O7. The second-order valence-corrected chi connectivity index (χ2v) is 6.39. The van der Waals surface area contributed by atoms with Crippen LogP contribution in [0.15, 0.2) is 18.2 Å². The van der Waals surface area contributed by atoms with Gasteiger partial charge in [0.25, 0.3) is 0 Å². The first-order valence-corrected chi connectivity index (χ1v) is 8.32. The van der Waals surface area contributed by atoms with Gasteiger partial charge in [-0.15, -0.1) is 0 Å². The molecule has 1 saturated heterocycles. The molecule has 7 heteroatoms. The van der Waals surface area contributed by atoms with Crippen molar-refractivity contribution in [1.29, 1.82) is 0 Å². The molecule has 1 heterocycles. The van der Waals surface area contributed by atoms with Crippen LogP contribution in [0.3, 0.4) is 0 Å². The van der Waals surface area contributed by atoms with E-state index >= 15 is 0 Å². The van der Waals surface area contributed by atoms with Gasteiger partial charge in [0, 0.05) is 12.3 Å². The van der Waals surface area contributed by atoms with Crippen molar-refractivity contribution in [2.24, 2.45) is 11.3 Å². The molecule has 142 valence electrons. The minimum atomic E-state index is -1.50.